The lowest BCUT2D eigenvalue weighted by molar-refractivity contribution is -0.0787. The van der Waals surface area contributed by atoms with Gasteiger partial charge in [0.2, 0.25) is 6.29 Å². The first kappa shape index (κ1) is 14.4. The second-order valence-electron chi connectivity index (χ2n) is 4.56. The van der Waals surface area contributed by atoms with E-state index in [1.165, 1.54) is 5.56 Å². The fourth-order valence-corrected chi connectivity index (χ4v) is 1.95. The van der Waals surface area contributed by atoms with E-state index in [4.69, 9.17) is 9.47 Å². The van der Waals surface area contributed by atoms with E-state index in [2.05, 4.69) is 25.6 Å². The van der Waals surface area contributed by atoms with E-state index in [1.54, 1.807) is 6.08 Å². The monoisotopic (exact) mass is 268 g/mol. The van der Waals surface area contributed by atoms with Crippen LogP contribution in [0.15, 0.2) is 55.1 Å². The second kappa shape index (κ2) is 6.92. The zero-order valence-corrected chi connectivity index (χ0v) is 12.0. The smallest absolute Gasteiger partial charge is 0.226 e. The largest absolute Gasteiger partial charge is 0.460 e. The molecule has 1 unspecified atom stereocenters. The van der Waals surface area contributed by atoms with Gasteiger partial charge in [0.05, 0.1) is 0 Å². The Labute approximate surface area is 120 Å². The van der Waals surface area contributed by atoms with Gasteiger partial charge < -0.3 is 9.47 Å². The first-order chi connectivity index (χ1) is 9.74. The van der Waals surface area contributed by atoms with Crippen molar-refractivity contribution in [2.45, 2.75) is 20.1 Å². The van der Waals surface area contributed by atoms with Gasteiger partial charge in [0.25, 0.3) is 0 Å². The minimum atomic E-state index is -0.401. The summed E-state index contributed by atoms with van der Waals surface area (Å²) in [5, 5.41) is 0. The van der Waals surface area contributed by atoms with Crippen molar-refractivity contribution in [1.29, 1.82) is 0 Å². The Morgan fingerprint density at radius 3 is 2.45 bits per heavy atom. The highest BCUT2D eigenvalue weighted by Gasteiger charge is 2.14. The minimum Gasteiger partial charge on any atom is -0.460 e. The summed E-state index contributed by atoms with van der Waals surface area (Å²) in [7, 11) is 0. The van der Waals surface area contributed by atoms with Crippen molar-refractivity contribution in [3.8, 4) is 5.75 Å². The molecular formula is C18H20O2. The van der Waals surface area contributed by atoms with Gasteiger partial charge in [-0.25, -0.2) is 0 Å². The summed E-state index contributed by atoms with van der Waals surface area (Å²) in [5.41, 5.74) is 3.19. The van der Waals surface area contributed by atoms with Gasteiger partial charge in [0.15, 0.2) is 0 Å². The molecule has 0 aliphatic heterocycles. The number of para-hydroxylation sites is 1. The fraction of sp³-hybridized carbons (Fsp3) is 0.222. The third-order valence-electron chi connectivity index (χ3n) is 3.04. The van der Waals surface area contributed by atoms with E-state index in [-0.39, 0.29) is 0 Å². The second-order valence-corrected chi connectivity index (χ2v) is 4.56. The summed E-state index contributed by atoms with van der Waals surface area (Å²) in [5.74, 6) is 0.779. The Balaban J connectivity index is 2.25. The van der Waals surface area contributed by atoms with Crippen molar-refractivity contribution in [3.05, 3.63) is 71.8 Å². The molecule has 0 saturated carbocycles. The SMILES string of the molecule is C=Cc1ccccc1OC(OCC)c1ccc(C)cc1. The van der Waals surface area contributed by atoms with Crippen LogP contribution in [0.1, 0.15) is 29.9 Å². The Morgan fingerprint density at radius 1 is 1.10 bits per heavy atom. The minimum absolute atomic E-state index is 0.401. The summed E-state index contributed by atoms with van der Waals surface area (Å²) < 4.78 is 11.7. The number of rotatable bonds is 6. The Hall–Kier alpha value is -2.06. The third kappa shape index (κ3) is 3.49. The van der Waals surface area contributed by atoms with Crippen LogP contribution in [0, 0.1) is 6.92 Å². The van der Waals surface area contributed by atoms with Gasteiger partial charge in [-0.2, -0.15) is 0 Å². The summed E-state index contributed by atoms with van der Waals surface area (Å²) in [6, 6.07) is 16.0. The summed E-state index contributed by atoms with van der Waals surface area (Å²) in [4.78, 5) is 0. The first-order valence-electron chi connectivity index (χ1n) is 6.81. The van der Waals surface area contributed by atoms with E-state index < -0.39 is 6.29 Å². The number of hydrogen-bond acceptors (Lipinski definition) is 2. The van der Waals surface area contributed by atoms with Crippen LogP contribution in [0.3, 0.4) is 0 Å². The summed E-state index contributed by atoms with van der Waals surface area (Å²) >= 11 is 0. The van der Waals surface area contributed by atoms with Crippen molar-refractivity contribution in [2.75, 3.05) is 6.61 Å². The van der Waals surface area contributed by atoms with Crippen LogP contribution in [0.25, 0.3) is 6.08 Å². The van der Waals surface area contributed by atoms with Gasteiger partial charge >= 0.3 is 0 Å². The van der Waals surface area contributed by atoms with Gasteiger partial charge in [-0.1, -0.05) is 60.7 Å². The maximum absolute atomic E-state index is 6.01. The summed E-state index contributed by atoms with van der Waals surface area (Å²) in [6.45, 7) is 8.43. The topological polar surface area (TPSA) is 18.5 Å². The average Bonchev–Trinajstić information content (AvgIpc) is 2.48. The molecule has 1 atom stereocenters. The quantitative estimate of drug-likeness (QED) is 0.704. The molecule has 0 spiro atoms. The zero-order chi connectivity index (χ0) is 14.4. The number of aryl methyl sites for hydroxylation is 1. The van der Waals surface area contributed by atoms with E-state index in [9.17, 15) is 0 Å². The highest BCUT2D eigenvalue weighted by molar-refractivity contribution is 5.55. The molecule has 0 aliphatic rings. The van der Waals surface area contributed by atoms with Crippen molar-refractivity contribution < 1.29 is 9.47 Å². The maximum atomic E-state index is 6.01. The van der Waals surface area contributed by atoms with Crippen LogP contribution in [-0.2, 0) is 4.74 Å². The van der Waals surface area contributed by atoms with Crippen molar-refractivity contribution >= 4 is 6.08 Å². The van der Waals surface area contributed by atoms with Crippen molar-refractivity contribution in [3.63, 3.8) is 0 Å². The molecule has 0 saturated heterocycles. The molecule has 0 aromatic heterocycles. The number of ether oxygens (including phenoxy) is 2. The molecule has 0 fully saturated rings. The van der Waals surface area contributed by atoms with Crippen molar-refractivity contribution in [2.24, 2.45) is 0 Å². The van der Waals surface area contributed by atoms with Gasteiger partial charge in [-0.3, -0.25) is 0 Å². The predicted molar refractivity (Wildman–Crippen MR) is 82.7 cm³/mol. The lowest BCUT2D eigenvalue weighted by Gasteiger charge is -2.20. The third-order valence-corrected chi connectivity index (χ3v) is 3.04. The van der Waals surface area contributed by atoms with Crippen LogP contribution in [0.4, 0.5) is 0 Å². The lowest BCUT2D eigenvalue weighted by atomic mass is 10.1. The molecule has 2 rings (SSSR count). The molecule has 0 heterocycles. The average molecular weight is 268 g/mol. The Bertz CT molecular complexity index is 558. The fourth-order valence-electron chi connectivity index (χ4n) is 1.95. The van der Waals surface area contributed by atoms with E-state index in [0.717, 1.165) is 16.9 Å². The molecule has 2 heteroatoms. The van der Waals surface area contributed by atoms with Gasteiger partial charge in [0, 0.05) is 17.7 Å². The molecule has 2 aromatic rings. The summed E-state index contributed by atoms with van der Waals surface area (Å²) in [6.07, 6.45) is 1.38. The van der Waals surface area contributed by atoms with Crippen molar-refractivity contribution in [1.82, 2.24) is 0 Å². The molecule has 2 aromatic carbocycles. The van der Waals surface area contributed by atoms with Crippen LogP contribution in [0.5, 0.6) is 5.75 Å². The molecule has 2 nitrogen and oxygen atoms in total. The lowest BCUT2D eigenvalue weighted by Crippen LogP contribution is -2.12. The Kier molecular flexibility index (Phi) is 4.97. The number of benzene rings is 2. The van der Waals surface area contributed by atoms with Gasteiger partial charge in [0.1, 0.15) is 5.75 Å². The molecule has 0 N–H and O–H groups in total. The molecule has 104 valence electrons. The molecule has 0 amide bonds. The van der Waals surface area contributed by atoms with Gasteiger partial charge in [-0.05, 0) is 19.9 Å². The van der Waals surface area contributed by atoms with Crippen LogP contribution >= 0.6 is 0 Å². The van der Waals surface area contributed by atoms with Crippen LogP contribution in [-0.4, -0.2) is 6.61 Å². The van der Waals surface area contributed by atoms with E-state index in [0.29, 0.717) is 6.61 Å². The molecule has 20 heavy (non-hydrogen) atoms. The first-order valence-corrected chi connectivity index (χ1v) is 6.81. The standard InChI is InChI=1S/C18H20O2/c1-4-15-8-6-7-9-17(15)20-18(19-5-2)16-12-10-14(3)11-13-16/h4,6-13,18H,1,5H2,2-3H3. The normalized spacial score (nSPS) is 11.9. The Morgan fingerprint density at radius 2 is 1.80 bits per heavy atom. The highest BCUT2D eigenvalue weighted by Crippen LogP contribution is 2.27. The molecule has 0 radical (unpaired) electrons. The van der Waals surface area contributed by atoms with E-state index >= 15 is 0 Å². The zero-order valence-electron chi connectivity index (χ0n) is 12.0. The molecule has 0 bridgehead atoms. The van der Waals surface area contributed by atoms with Crippen LogP contribution in [0.2, 0.25) is 0 Å². The van der Waals surface area contributed by atoms with Gasteiger partial charge in [-0.15, -0.1) is 0 Å². The van der Waals surface area contributed by atoms with E-state index in [1.807, 2.05) is 43.3 Å². The maximum Gasteiger partial charge on any atom is 0.226 e. The van der Waals surface area contributed by atoms with Crippen LogP contribution < -0.4 is 4.74 Å². The predicted octanol–water partition coefficient (Wildman–Crippen LogP) is 4.75. The molecular weight excluding hydrogens is 248 g/mol. The highest BCUT2D eigenvalue weighted by atomic mass is 16.7. The molecule has 0 aliphatic carbocycles. The number of hydrogen-bond donors (Lipinski definition) is 0.